The number of aromatic nitrogens is 3. The molecule has 0 aromatic carbocycles. The van der Waals surface area contributed by atoms with Crippen molar-refractivity contribution in [1.82, 2.24) is 25.2 Å². The van der Waals surface area contributed by atoms with Gasteiger partial charge in [-0.05, 0) is 25.3 Å². The summed E-state index contributed by atoms with van der Waals surface area (Å²) < 4.78 is 1.43. The van der Waals surface area contributed by atoms with Gasteiger partial charge in [-0.2, -0.15) is 0 Å². The first-order valence-electron chi connectivity index (χ1n) is 9.84. The molecule has 10 heteroatoms. The normalized spacial score (nSPS) is 21.2. The summed E-state index contributed by atoms with van der Waals surface area (Å²) in [6, 6.07) is 1.68. The molecule has 1 saturated heterocycles. The van der Waals surface area contributed by atoms with Gasteiger partial charge >= 0.3 is 5.69 Å². The van der Waals surface area contributed by atoms with Gasteiger partial charge in [0.25, 0.3) is 11.5 Å². The van der Waals surface area contributed by atoms with E-state index >= 15 is 0 Å². The van der Waals surface area contributed by atoms with Gasteiger partial charge < -0.3 is 15.7 Å². The Balaban J connectivity index is 0.00000240. The summed E-state index contributed by atoms with van der Waals surface area (Å²) in [5.74, 6) is -0.196. The smallest absolute Gasteiger partial charge is 0.329 e. The minimum absolute atomic E-state index is 0. The summed E-state index contributed by atoms with van der Waals surface area (Å²) in [4.78, 5) is 44.7. The molecule has 158 valence electrons. The van der Waals surface area contributed by atoms with Gasteiger partial charge in [0.1, 0.15) is 0 Å². The van der Waals surface area contributed by atoms with Crippen LogP contribution >= 0.6 is 12.4 Å². The predicted molar refractivity (Wildman–Crippen MR) is 111 cm³/mol. The molecule has 1 aliphatic carbocycles. The van der Waals surface area contributed by atoms with Crippen molar-refractivity contribution in [3.8, 4) is 0 Å². The van der Waals surface area contributed by atoms with E-state index in [1.165, 1.54) is 4.57 Å². The minimum atomic E-state index is -0.602. The second kappa shape index (κ2) is 8.64. The molecule has 2 aliphatic rings. The van der Waals surface area contributed by atoms with Crippen LogP contribution in [-0.2, 0) is 6.54 Å². The van der Waals surface area contributed by atoms with Crippen molar-refractivity contribution in [2.24, 2.45) is 5.92 Å². The molecule has 1 saturated carbocycles. The molecule has 1 amide bonds. The SMILES string of the molecule is CCCn1c(=O)[nH]c(=O)c2c(C(=O)NCC3CNCC3O)cc(C3CC3)nc21.Cl. The third kappa shape index (κ3) is 4.22. The number of H-pyrrole nitrogens is 1. The Morgan fingerprint density at radius 1 is 1.34 bits per heavy atom. The average molecular weight is 424 g/mol. The van der Waals surface area contributed by atoms with E-state index in [9.17, 15) is 19.5 Å². The van der Waals surface area contributed by atoms with Crippen molar-refractivity contribution >= 4 is 29.3 Å². The molecular formula is C19H26ClN5O4. The van der Waals surface area contributed by atoms with Crippen LogP contribution in [-0.4, -0.2) is 51.3 Å². The van der Waals surface area contributed by atoms with Crippen molar-refractivity contribution in [3.05, 3.63) is 38.2 Å². The Labute approximate surface area is 173 Å². The molecular weight excluding hydrogens is 398 g/mol. The number of aryl methyl sites for hydroxylation is 1. The summed E-state index contributed by atoms with van der Waals surface area (Å²) >= 11 is 0. The number of nitrogens with zero attached hydrogens (tertiary/aromatic N) is 2. The van der Waals surface area contributed by atoms with Crippen LogP contribution < -0.4 is 21.9 Å². The molecule has 0 spiro atoms. The van der Waals surface area contributed by atoms with Gasteiger partial charge in [-0.3, -0.25) is 19.1 Å². The lowest BCUT2D eigenvalue weighted by molar-refractivity contribution is 0.0928. The van der Waals surface area contributed by atoms with Crippen LogP contribution in [0.15, 0.2) is 15.7 Å². The fraction of sp³-hybridized carbons (Fsp3) is 0.579. The molecule has 29 heavy (non-hydrogen) atoms. The lowest BCUT2D eigenvalue weighted by Crippen LogP contribution is -2.36. The molecule has 2 aromatic rings. The first-order chi connectivity index (χ1) is 13.5. The second-order valence-electron chi connectivity index (χ2n) is 7.67. The maximum Gasteiger partial charge on any atom is 0.329 e. The van der Waals surface area contributed by atoms with Crippen LogP contribution in [0.4, 0.5) is 0 Å². The number of halogens is 1. The highest BCUT2D eigenvalue weighted by molar-refractivity contribution is 6.05. The largest absolute Gasteiger partial charge is 0.391 e. The van der Waals surface area contributed by atoms with E-state index in [1.807, 2.05) is 6.92 Å². The van der Waals surface area contributed by atoms with Crippen LogP contribution in [0, 0.1) is 5.92 Å². The summed E-state index contributed by atoms with van der Waals surface area (Å²) in [7, 11) is 0. The number of pyridine rings is 1. The number of fused-ring (bicyclic) bond motifs is 1. The number of carbonyl (C=O) groups is 1. The summed E-state index contributed by atoms with van der Waals surface area (Å²) in [5, 5.41) is 16.0. The van der Waals surface area contributed by atoms with Crippen molar-refractivity contribution in [1.29, 1.82) is 0 Å². The molecule has 2 fully saturated rings. The van der Waals surface area contributed by atoms with Crippen LogP contribution in [0.3, 0.4) is 0 Å². The highest BCUT2D eigenvalue weighted by Gasteiger charge is 2.29. The van der Waals surface area contributed by atoms with Gasteiger partial charge in [0.05, 0.1) is 17.1 Å². The lowest BCUT2D eigenvalue weighted by atomic mass is 10.1. The molecule has 1 aliphatic heterocycles. The molecule has 2 atom stereocenters. The van der Waals surface area contributed by atoms with Crippen LogP contribution in [0.2, 0.25) is 0 Å². The summed E-state index contributed by atoms with van der Waals surface area (Å²) in [5.41, 5.74) is 0.141. The number of β-amino-alcohol motifs (C(OH)–C–C–N with tert-alkyl or cyclic N) is 1. The van der Waals surface area contributed by atoms with E-state index < -0.39 is 17.4 Å². The Bertz CT molecular complexity index is 1030. The van der Waals surface area contributed by atoms with Crippen molar-refractivity contribution in [2.75, 3.05) is 19.6 Å². The number of aliphatic hydroxyl groups is 1. The third-order valence-electron chi connectivity index (χ3n) is 5.48. The van der Waals surface area contributed by atoms with Crippen LogP contribution in [0.25, 0.3) is 11.0 Å². The quantitative estimate of drug-likeness (QED) is 0.521. The first-order valence-corrected chi connectivity index (χ1v) is 9.84. The molecule has 0 radical (unpaired) electrons. The monoisotopic (exact) mass is 423 g/mol. The zero-order chi connectivity index (χ0) is 19.8. The fourth-order valence-electron chi connectivity index (χ4n) is 3.74. The number of rotatable bonds is 6. The molecule has 0 bridgehead atoms. The fourth-order valence-corrected chi connectivity index (χ4v) is 3.74. The highest BCUT2D eigenvalue weighted by Crippen LogP contribution is 2.39. The van der Waals surface area contributed by atoms with Gasteiger partial charge in [0.15, 0.2) is 5.65 Å². The van der Waals surface area contributed by atoms with Crippen molar-refractivity contribution in [3.63, 3.8) is 0 Å². The minimum Gasteiger partial charge on any atom is -0.391 e. The Morgan fingerprint density at radius 2 is 2.10 bits per heavy atom. The second-order valence-corrected chi connectivity index (χ2v) is 7.67. The number of hydrogen-bond donors (Lipinski definition) is 4. The van der Waals surface area contributed by atoms with Crippen molar-refractivity contribution in [2.45, 2.75) is 44.8 Å². The number of aromatic amines is 1. The Kier molecular flexibility index (Phi) is 6.40. The van der Waals surface area contributed by atoms with Gasteiger partial charge in [-0.1, -0.05) is 6.92 Å². The van der Waals surface area contributed by atoms with Crippen molar-refractivity contribution < 1.29 is 9.90 Å². The number of amides is 1. The van der Waals surface area contributed by atoms with Gasteiger partial charge in [-0.15, -0.1) is 12.4 Å². The van der Waals surface area contributed by atoms with Crippen LogP contribution in [0.1, 0.15) is 48.2 Å². The Hall–Kier alpha value is -2.23. The summed E-state index contributed by atoms with van der Waals surface area (Å²) in [6.07, 6.45) is 2.17. The third-order valence-corrected chi connectivity index (χ3v) is 5.48. The van der Waals surface area contributed by atoms with E-state index in [-0.39, 0.29) is 46.7 Å². The maximum atomic E-state index is 12.9. The first kappa shape index (κ1) is 21.5. The zero-order valence-electron chi connectivity index (χ0n) is 16.2. The predicted octanol–water partition coefficient (Wildman–Crippen LogP) is 0.104. The van der Waals surface area contributed by atoms with Gasteiger partial charge in [0.2, 0.25) is 0 Å². The molecule has 3 heterocycles. The maximum absolute atomic E-state index is 12.9. The molecule has 4 N–H and O–H groups in total. The van der Waals surface area contributed by atoms with E-state index in [0.717, 1.165) is 18.5 Å². The number of nitrogens with one attached hydrogen (secondary N) is 3. The lowest BCUT2D eigenvalue weighted by Gasteiger charge is -2.16. The van der Waals surface area contributed by atoms with E-state index in [4.69, 9.17) is 0 Å². The van der Waals surface area contributed by atoms with E-state index in [0.29, 0.717) is 32.6 Å². The van der Waals surface area contributed by atoms with E-state index in [2.05, 4.69) is 20.6 Å². The van der Waals surface area contributed by atoms with Gasteiger partial charge in [0, 0.05) is 43.7 Å². The van der Waals surface area contributed by atoms with Crippen LogP contribution in [0.5, 0.6) is 0 Å². The number of aliphatic hydroxyl groups excluding tert-OH is 1. The molecule has 2 unspecified atom stereocenters. The summed E-state index contributed by atoms with van der Waals surface area (Å²) in [6.45, 7) is 3.79. The molecule has 9 nitrogen and oxygen atoms in total. The Morgan fingerprint density at radius 3 is 2.72 bits per heavy atom. The van der Waals surface area contributed by atoms with Gasteiger partial charge in [-0.25, -0.2) is 9.78 Å². The molecule has 2 aromatic heterocycles. The highest BCUT2D eigenvalue weighted by atomic mass is 35.5. The number of hydrogen-bond acceptors (Lipinski definition) is 6. The number of carbonyl (C=O) groups excluding carboxylic acids is 1. The van der Waals surface area contributed by atoms with E-state index in [1.54, 1.807) is 6.07 Å². The molecule has 4 rings (SSSR count). The standard InChI is InChI=1S/C19H25N5O4.ClH/c1-2-5-24-16-15(18(27)23-19(24)28)12(6-13(22-16)10-3-4-10)17(26)21-8-11-7-20-9-14(11)25;/h6,10-11,14,20,25H,2-5,7-9H2,1H3,(H,21,26)(H,23,27,28);1H. The topological polar surface area (TPSA) is 129 Å². The average Bonchev–Trinajstić information content (AvgIpc) is 3.44. The zero-order valence-corrected chi connectivity index (χ0v) is 17.1.